The highest BCUT2D eigenvalue weighted by atomic mass is 16.4. The van der Waals surface area contributed by atoms with E-state index in [1.165, 1.54) is 6.07 Å². The Morgan fingerprint density at radius 2 is 1.67 bits per heavy atom. The molecule has 2 N–H and O–H groups in total. The quantitative estimate of drug-likeness (QED) is 0.759. The van der Waals surface area contributed by atoms with Crippen molar-refractivity contribution >= 4 is 11.9 Å². The van der Waals surface area contributed by atoms with Gasteiger partial charge in [0.15, 0.2) is 5.69 Å². The molecule has 7 heteroatoms. The summed E-state index contributed by atoms with van der Waals surface area (Å²) in [5, 5.41) is 18.8. The van der Waals surface area contributed by atoms with Crippen LogP contribution in [0.25, 0.3) is 22.4 Å². The molecule has 3 rings (SSSR count). The van der Waals surface area contributed by atoms with Crippen molar-refractivity contribution in [1.29, 1.82) is 0 Å². The van der Waals surface area contributed by atoms with Gasteiger partial charge in [-0.25, -0.2) is 14.6 Å². The lowest BCUT2D eigenvalue weighted by Gasteiger charge is -2.13. The zero-order valence-corrected chi connectivity index (χ0v) is 12.2. The minimum atomic E-state index is -1.31. The van der Waals surface area contributed by atoms with Gasteiger partial charge in [0.2, 0.25) is 0 Å². The van der Waals surface area contributed by atoms with E-state index in [0.29, 0.717) is 16.8 Å². The topological polar surface area (TPSA) is 113 Å². The summed E-state index contributed by atoms with van der Waals surface area (Å²) in [6, 6.07) is 7.97. The van der Waals surface area contributed by atoms with Gasteiger partial charge in [0.1, 0.15) is 0 Å². The molecule has 0 bridgehead atoms. The molecule has 0 saturated heterocycles. The Bertz CT molecular complexity index is 894. The zero-order valence-electron chi connectivity index (χ0n) is 12.2. The third kappa shape index (κ3) is 2.70. The molecule has 7 nitrogen and oxygen atoms in total. The van der Waals surface area contributed by atoms with Gasteiger partial charge < -0.3 is 10.2 Å². The van der Waals surface area contributed by atoms with Gasteiger partial charge in [-0.3, -0.25) is 9.97 Å². The van der Waals surface area contributed by atoms with Gasteiger partial charge in [-0.2, -0.15) is 0 Å². The Labute approximate surface area is 136 Å². The van der Waals surface area contributed by atoms with E-state index >= 15 is 0 Å². The van der Waals surface area contributed by atoms with Gasteiger partial charge in [-0.05, 0) is 24.3 Å². The molecule has 0 aliphatic heterocycles. The summed E-state index contributed by atoms with van der Waals surface area (Å²) in [7, 11) is 0. The van der Waals surface area contributed by atoms with Gasteiger partial charge in [0, 0.05) is 41.5 Å². The Hall–Kier alpha value is -3.61. The first-order chi connectivity index (χ1) is 11.6. The molecule has 0 spiro atoms. The van der Waals surface area contributed by atoms with E-state index in [0.717, 1.165) is 6.20 Å². The van der Waals surface area contributed by atoms with Crippen molar-refractivity contribution in [2.75, 3.05) is 0 Å². The fourth-order valence-corrected chi connectivity index (χ4v) is 2.41. The van der Waals surface area contributed by atoms with Crippen molar-refractivity contribution in [2.45, 2.75) is 0 Å². The van der Waals surface area contributed by atoms with E-state index in [9.17, 15) is 19.8 Å². The standard InChI is InChI=1S/C17H11N3O4/c21-16(22)12-5-8-20-15(17(23)24)13(12)11-4-2-7-19-14(11)10-3-1-6-18-9-10/h1-9H,(H,21,22)(H,23,24). The molecule has 0 unspecified atom stereocenters. The lowest BCUT2D eigenvalue weighted by atomic mass is 9.94. The molecular weight excluding hydrogens is 310 g/mol. The average molecular weight is 321 g/mol. The second kappa shape index (κ2) is 6.25. The maximum absolute atomic E-state index is 11.6. The van der Waals surface area contributed by atoms with E-state index in [1.54, 1.807) is 42.9 Å². The molecule has 0 amide bonds. The number of hydrogen-bond acceptors (Lipinski definition) is 5. The number of carboxylic acids is 2. The molecule has 0 radical (unpaired) electrons. The molecule has 3 heterocycles. The maximum Gasteiger partial charge on any atom is 0.355 e. The number of aromatic carboxylic acids is 2. The van der Waals surface area contributed by atoms with Crippen molar-refractivity contribution in [3.05, 3.63) is 66.4 Å². The highest BCUT2D eigenvalue weighted by Crippen LogP contribution is 2.33. The molecule has 24 heavy (non-hydrogen) atoms. The molecule has 0 saturated carbocycles. The Morgan fingerprint density at radius 1 is 0.875 bits per heavy atom. The first kappa shape index (κ1) is 15.3. The summed E-state index contributed by atoms with van der Waals surface area (Å²) in [6.07, 6.45) is 5.88. The third-order valence-corrected chi connectivity index (χ3v) is 3.40. The first-order valence-corrected chi connectivity index (χ1v) is 6.91. The Kier molecular flexibility index (Phi) is 3.98. The van der Waals surface area contributed by atoms with Crippen LogP contribution in [0.15, 0.2) is 55.1 Å². The maximum atomic E-state index is 11.6. The molecule has 0 aliphatic rings. The van der Waals surface area contributed by atoms with Crippen molar-refractivity contribution < 1.29 is 19.8 Å². The molecule has 3 aromatic heterocycles. The van der Waals surface area contributed by atoms with E-state index in [-0.39, 0.29) is 16.8 Å². The SMILES string of the molecule is O=C(O)c1ccnc(C(=O)O)c1-c1cccnc1-c1cccnc1. The fraction of sp³-hybridized carbons (Fsp3) is 0. The number of rotatable bonds is 4. The van der Waals surface area contributed by atoms with Crippen LogP contribution in [0.2, 0.25) is 0 Å². The predicted molar refractivity (Wildman–Crippen MR) is 84.6 cm³/mol. The summed E-state index contributed by atoms with van der Waals surface area (Å²) >= 11 is 0. The minimum absolute atomic E-state index is 0.0180. The van der Waals surface area contributed by atoms with E-state index < -0.39 is 11.9 Å². The summed E-state index contributed by atoms with van der Waals surface area (Å²) < 4.78 is 0. The minimum Gasteiger partial charge on any atom is -0.478 e. The number of aromatic nitrogens is 3. The van der Waals surface area contributed by atoms with E-state index in [1.807, 2.05) is 0 Å². The average Bonchev–Trinajstić information content (AvgIpc) is 2.61. The normalized spacial score (nSPS) is 10.3. The van der Waals surface area contributed by atoms with Crippen molar-refractivity contribution in [1.82, 2.24) is 15.0 Å². The summed E-state index contributed by atoms with van der Waals surface area (Å²) in [4.78, 5) is 35.2. The molecular formula is C17H11N3O4. The second-order valence-electron chi connectivity index (χ2n) is 4.83. The Balaban J connectivity index is 2.35. The second-order valence-corrected chi connectivity index (χ2v) is 4.83. The van der Waals surface area contributed by atoms with Crippen molar-refractivity contribution in [3.63, 3.8) is 0 Å². The summed E-state index contributed by atoms with van der Waals surface area (Å²) in [5.41, 5.74) is 0.972. The van der Waals surface area contributed by atoms with Gasteiger partial charge in [-0.15, -0.1) is 0 Å². The van der Waals surface area contributed by atoms with Gasteiger partial charge in [0.25, 0.3) is 0 Å². The molecule has 3 aromatic rings. The fourth-order valence-electron chi connectivity index (χ4n) is 2.41. The van der Waals surface area contributed by atoms with Crippen LogP contribution < -0.4 is 0 Å². The number of nitrogens with zero attached hydrogens (tertiary/aromatic N) is 3. The monoisotopic (exact) mass is 321 g/mol. The molecule has 0 aromatic carbocycles. The molecule has 0 atom stereocenters. The van der Waals surface area contributed by atoms with Crippen LogP contribution in [-0.4, -0.2) is 37.1 Å². The number of pyridine rings is 3. The Morgan fingerprint density at radius 3 is 2.33 bits per heavy atom. The van der Waals surface area contributed by atoms with Crippen LogP contribution in [0.5, 0.6) is 0 Å². The van der Waals surface area contributed by atoms with Crippen LogP contribution in [0.3, 0.4) is 0 Å². The van der Waals surface area contributed by atoms with Gasteiger partial charge in [0.05, 0.1) is 11.3 Å². The number of carbonyl (C=O) groups is 2. The van der Waals surface area contributed by atoms with Crippen LogP contribution >= 0.6 is 0 Å². The lowest BCUT2D eigenvalue weighted by molar-refractivity contribution is 0.0691. The van der Waals surface area contributed by atoms with Crippen molar-refractivity contribution in [3.8, 4) is 22.4 Å². The smallest absolute Gasteiger partial charge is 0.355 e. The van der Waals surface area contributed by atoms with Crippen molar-refractivity contribution in [2.24, 2.45) is 0 Å². The molecule has 0 fully saturated rings. The first-order valence-electron chi connectivity index (χ1n) is 6.91. The number of carboxylic acid groups (broad SMARTS) is 2. The summed E-state index contributed by atoms with van der Waals surface area (Å²) in [6.45, 7) is 0. The van der Waals surface area contributed by atoms with Crippen LogP contribution in [0.4, 0.5) is 0 Å². The predicted octanol–water partition coefficient (Wildman–Crippen LogP) is 2.60. The molecule has 0 aliphatic carbocycles. The largest absolute Gasteiger partial charge is 0.478 e. The lowest BCUT2D eigenvalue weighted by Crippen LogP contribution is -2.10. The van der Waals surface area contributed by atoms with E-state index in [2.05, 4.69) is 15.0 Å². The van der Waals surface area contributed by atoms with Gasteiger partial charge in [-0.1, -0.05) is 6.07 Å². The van der Waals surface area contributed by atoms with Crippen LogP contribution in [0.1, 0.15) is 20.8 Å². The zero-order chi connectivity index (χ0) is 17.1. The number of hydrogen-bond donors (Lipinski definition) is 2. The highest BCUT2D eigenvalue weighted by molar-refractivity contribution is 6.05. The van der Waals surface area contributed by atoms with Gasteiger partial charge >= 0.3 is 11.9 Å². The summed E-state index contributed by atoms with van der Waals surface area (Å²) in [5.74, 6) is -2.55. The third-order valence-electron chi connectivity index (χ3n) is 3.40. The van der Waals surface area contributed by atoms with Crippen LogP contribution in [-0.2, 0) is 0 Å². The molecule has 118 valence electrons. The van der Waals surface area contributed by atoms with Crippen LogP contribution in [0, 0.1) is 0 Å². The van der Waals surface area contributed by atoms with E-state index in [4.69, 9.17) is 0 Å². The highest BCUT2D eigenvalue weighted by Gasteiger charge is 2.23.